The largest absolute Gasteiger partial charge is 0.464 e. The number of carbonyl (C=O) groups excluding carboxylic acids is 1. The third kappa shape index (κ3) is 2.78. The summed E-state index contributed by atoms with van der Waals surface area (Å²) in [6, 6.07) is 0. The summed E-state index contributed by atoms with van der Waals surface area (Å²) in [4.78, 5) is 11.6. The molecule has 0 aliphatic carbocycles. The number of methoxy groups -OCH3 is 1. The summed E-state index contributed by atoms with van der Waals surface area (Å²) >= 11 is 0. The maximum absolute atomic E-state index is 11.6. The molecule has 2 heterocycles. The number of aromatic nitrogens is 6. The molecule has 102 valence electrons. The Kier molecular flexibility index (Phi) is 3.88. The van der Waals surface area contributed by atoms with Crippen LogP contribution in [0.2, 0.25) is 0 Å². The number of hydrogen-bond acceptors (Lipinski definition) is 6. The van der Waals surface area contributed by atoms with Crippen LogP contribution in [0.5, 0.6) is 0 Å². The number of rotatable bonds is 5. The van der Waals surface area contributed by atoms with Crippen molar-refractivity contribution in [1.29, 1.82) is 0 Å². The molecule has 0 saturated carbocycles. The molecule has 2 aromatic heterocycles. The zero-order valence-corrected chi connectivity index (χ0v) is 11.2. The molecule has 0 atom stereocenters. The minimum atomic E-state index is -0.464. The Balaban J connectivity index is 2.29. The third-order valence-electron chi connectivity index (χ3n) is 2.67. The first kappa shape index (κ1) is 13.2. The van der Waals surface area contributed by atoms with Crippen molar-refractivity contribution in [1.82, 2.24) is 30.0 Å². The summed E-state index contributed by atoms with van der Waals surface area (Å²) in [5.74, 6) is -0.464. The van der Waals surface area contributed by atoms with Crippen LogP contribution in [0, 0.1) is 0 Å². The van der Waals surface area contributed by atoms with E-state index in [9.17, 15) is 4.79 Å². The van der Waals surface area contributed by atoms with Crippen molar-refractivity contribution < 1.29 is 9.53 Å². The minimum absolute atomic E-state index is 0.272. The normalized spacial score (nSPS) is 10.7. The predicted molar refractivity (Wildman–Crippen MR) is 65.5 cm³/mol. The number of ether oxygens (including phenoxy) is 1. The molecule has 0 saturated heterocycles. The molecule has 0 fully saturated rings. The van der Waals surface area contributed by atoms with Gasteiger partial charge in [0.05, 0.1) is 19.3 Å². The maximum atomic E-state index is 11.6. The predicted octanol–water partition coefficient (Wildman–Crippen LogP) is 0.194. The number of nitrogens with zero attached hydrogens (tertiary/aromatic N) is 6. The van der Waals surface area contributed by atoms with Crippen molar-refractivity contribution in [2.24, 2.45) is 7.05 Å². The van der Waals surface area contributed by atoms with Crippen LogP contribution in [0.3, 0.4) is 0 Å². The van der Waals surface area contributed by atoms with Crippen molar-refractivity contribution in [3.05, 3.63) is 23.3 Å². The van der Waals surface area contributed by atoms with Crippen LogP contribution in [0.15, 0.2) is 6.20 Å². The highest BCUT2D eigenvalue weighted by Gasteiger charge is 2.20. The van der Waals surface area contributed by atoms with E-state index in [4.69, 9.17) is 4.74 Å². The molecule has 0 aliphatic heterocycles. The smallest absolute Gasteiger partial charge is 0.360 e. The van der Waals surface area contributed by atoms with Crippen LogP contribution in [-0.4, -0.2) is 43.1 Å². The summed E-state index contributed by atoms with van der Waals surface area (Å²) in [5.41, 5.74) is 1.80. The molecule has 8 heteroatoms. The zero-order chi connectivity index (χ0) is 13.8. The number of esters is 1. The van der Waals surface area contributed by atoms with Gasteiger partial charge in [0.1, 0.15) is 5.69 Å². The van der Waals surface area contributed by atoms with Gasteiger partial charge in [-0.25, -0.2) is 9.48 Å². The Hall–Kier alpha value is -2.25. The Morgan fingerprint density at radius 3 is 2.74 bits per heavy atom. The highest BCUT2D eigenvalue weighted by Crippen LogP contribution is 2.11. The highest BCUT2D eigenvalue weighted by molar-refractivity contribution is 5.88. The lowest BCUT2D eigenvalue weighted by molar-refractivity contribution is 0.0592. The van der Waals surface area contributed by atoms with Gasteiger partial charge in [0.15, 0.2) is 5.69 Å². The first-order valence-electron chi connectivity index (χ1n) is 6.01. The number of hydrogen-bond donors (Lipinski definition) is 0. The van der Waals surface area contributed by atoms with Gasteiger partial charge in [-0.05, 0) is 6.42 Å². The molecule has 2 rings (SSSR count). The fraction of sp³-hybridized carbons (Fsp3) is 0.545. The van der Waals surface area contributed by atoms with Crippen LogP contribution < -0.4 is 0 Å². The van der Waals surface area contributed by atoms with Gasteiger partial charge in [-0.3, -0.25) is 4.68 Å². The average Bonchev–Trinajstić information content (AvgIpc) is 2.97. The summed E-state index contributed by atoms with van der Waals surface area (Å²) < 4.78 is 7.99. The van der Waals surface area contributed by atoms with E-state index in [1.165, 1.54) is 7.11 Å². The van der Waals surface area contributed by atoms with Gasteiger partial charge in [-0.1, -0.05) is 23.8 Å². The lowest BCUT2D eigenvalue weighted by atomic mass is 10.2. The zero-order valence-electron chi connectivity index (χ0n) is 11.2. The quantitative estimate of drug-likeness (QED) is 0.716. The Labute approximate surface area is 110 Å². The fourth-order valence-electron chi connectivity index (χ4n) is 1.82. The summed E-state index contributed by atoms with van der Waals surface area (Å²) in [7, 11) is 3.13. The standard InChI is InChI=1S/C11H16N6O2/c1-4-5-9-10(11(18)19-3)13-15-17(9)7-8-6-16(2)14-12-8/h6H,4-5,7H2,1-3H3. The van der Waals surface area contributed by atoms with Gasteiger partial charge >= 0.3 is 5.97 Å². The second kappa shape index (κ2) is 5.59. The monoisotopic (exact) mass is 264 g/mol. The maximum Gasteiger partial charge on any atom is 0.360 e. The van der Waals surface area contributed by atoms with Crippen molar-refractivity contribution in [3.8, 4) is 0 Å². The van der Waals surface area contributed by atoms with E-state index in [0.29, 0.717) is 13.0 Å². The highest BCUT2D eigenvalue weighted by atomic mass is 16.5. The van der Waals surface area contributed by atoms with Gasteiger partial charge in [-0.15, -0.1) is 10.2 Å². The van der Waals surface area contributed by atoms with Crippen molar-refractivity contribution >= 4 is 5.97 Å². The molecule has 0 amide bonds. The molecule has 8 nitrogen and oxygen atoms in total. The molecule has 2 aromatic rings. The van der Waals surface area contributed by atoms with E-state index in [2.05, 4.69) is 20.6 Å². The minimum Gasteiger partial charge on any atom is -0.464 e. The first-order valence-corrected chi connectivity index (χ1v) is 6.01. The van der Waals surface area contributed by atoms with Gasteiger partial charge in [0.25, 0.3) is 0 Å². The SMILES string of the molecule is CCCc1c(C(=O)OC)nnn1Cc1cn(C)nn1. The Morgan fingerprint density at radius 2 is 2.16 bits per heavy atom. The molecule has 0 aliphatic rings. The van der Waals surface area contributed by atoms with Crippen LogP contribution in [0.4, 0.5) is 0 Å². The molecule has 0 bridgehead atoms. The Morgan fingerprint density at radius 1 is 1.37 bits per heavy atom. The number of aryl methyl sites for hydroxylation is 1. The van der Waals surface area contributed by atoms with Crippen molar-refractivity contribution in [3.63, 3.8) is 0 Å². The fourth-order valence-corrected chi connectivity index (χ4v) is 1.82. The molecule has 0 spiro atoms. The first-order chi connectivity index (χ1) is 9.15. The molecule has 0 unspecified atom stereocenters. The number of carbonyl (C=O) groups is 1. The molecular formula is C11H16N6O2. The third-order valence-corrected chi connectivity index (χ3v) is 2.67. The van der Waals surface area contributed by atoms with Crippen LogP contribution >= 0.6 is 0 Å². The Bertz CT molecular complexity index is 574. The molecule has 0 aromatic carbocycles. The summed E-state index contributed by atoms with van der Waals surface area (Å²) in [6.45, 7) is 2.47. The van der Waals surface area contributed by atoms with E-state index < -0.39 is 5.97 Å². The molecule has 0 N–H and O–H groups in total. The molecule has 19 heavy (non-hydrogen) atoms. The lowest BCUT2D eigenvalue weighted by Crippen LogP contribution is -2.10. The van der Waals surface area contributed by atoms with Gasteiger partial charge in [-0.2, -0.15) is 0 Å². The van der Waals surface area contributed by atoms with Gasteiger partial charge < -0.3 is 4.74 Å². The molecule has 0 radical (unpaired) electrons. The van der Waals surface area contributed by atoms with Crippen LogP contribution in [0.1, 0.15) is 35.2 Å². The van der Waals surface area contributed by atoms with Gasteiger partial charge in [0, 0.05) is 13.2 Å². The van der Waals surface area contributed by atoms with Crippen LogP contribution in [0.25, 0.3) is 0 Å². The van der Waals surface area contributed by atoms with E-state index in [1.807, 2.05) is 6.92 Å². The van der Waals surface area contributed by atoms with Gasteiger partial charge in [0.2, 0.25) is 0 Å². The second-order valence-electron chi connectivity index (χ2n) is 4.17. The van der Waals surface area contributed by atoms with Crippen LogP contribution in [-0.2, 0) is 24.8 Å². The summed E-state index contributed by atoms with van der Waals surface area (Å²) in [5, 5.41) is 15.7. The van der Waals surface area contributed by atoms with E-state index in [1.54, 1.807) is 22.6 Å². The summed E-state index contributed by atoms with van der Waals surface area (Å²) in [6.07, 6.45) is 3.39. The molecular weight excluding hydrogens is 248 g/mol. The second-order valence-corrected chi connectivity index (χ2v) is 4.17. The van der Waals surface area contributed by atoms with E-state index in [0.717, 1.165) is 17.8 Å². The van der Waals surface area contributed by atoms with E-state index >= 15 is 0 Å². The average molecular weight is 264 g/mol. The van der Waals surface area contributed by atoms with E-state index in [-0.39, 0.29) is 5.69 Å². The van der Waals surface area contributed by atoms with Crippen molar-refractivity contribution in [2.75, 3.05) is 7.11 Å². The van der Waals surface area contributed by atoms with Crippen molar-refractivity contribution in [2.45, 2.75) is 26.3 Å². The lowest BCUT2D eigenvalue weighted by Gasteiger charge is -2.04. The topological polar surface area (TPSA) is 87.7 Å².